The number of methoxy groups -OCH3 is 2. The number of nitrogens with zero attached hydrogens (tertiary/aromatic N) is 2. The second-order valence-electron chi connectivity index (χ2n) is 7.23. The van der Waals surface area contributed by atoms with Crippen molar-refractivity contribution >= 4 is 35.6 Å². The van der Waals surface area contributed by atoms with Gasteiger partial charge in [-0.1, -0.05) is 12.8 Å². The van der Waals surface area contributed by atoms with Crippen LogP contribution in [0.5, 0.6) is 11.5 Å². The summed E-state index contributed by atoms with van der Waals surface area (Å²) in [4.78, 5) is 6.74. The van der Waals surface area contributed by atoms with Gasteiger partial charge in [0.1, 0.15) is 11.5 Å². The second-order valence-corrected chi connectivity index (χ2v) is 7.23. The first-order chi connectivity index (χ1) is 12.7. The van der Waals surface area contributed by atoms with E-state index in [1.807, 2.05) is 13.1 Å². The van der Waals surface area contributed by atoms with Crippen LogP contribution in [0.15, 0.2) is 23.2 Å². The summed E-state index contributed by atoms with van der Waals surface area (Å²) in [5.74, 6) is 3.55. The maximum atomic E-state index is 5.39. The van der Waals surface area contributed by atoms with Crippen molar-refractivity contribution < 1.29 is 9.47 Å². The Bertz CT molecular complexity index is 600. The predicted octanol–water partition coefficient (Wildman–Crippen LogP) is 3.26. The summed E-state index contributed by atoms with van der Waals surface area (Å²) >= 11 is 0. The lowest BCUT2D eigenvalue weighted by atomic mass is 10.2. The summed E-state index contributed by atoms with van der Waals surface area (Å²) in [6.45, 7) is 2.95. The molecule has 1 atom stereocenters. The molecule has 1 saturated heterocycles. The number of ether oxygens (including phenoxy) is 2. The molecule has 1 unspecified atom stereocenters. The van der Waals surface area contributed by atoms with Gasteiger partial charge in [0.15, 0.2) is 5.96 Å². The molecular weight excluding hydrogens is 455 g/mol. The largest absolute Gasteiger partial charge is 0.497 e. The van der Waals surface area contributed by atoms with Gasteiger partial charge in [-0.05, 0) is 25.2 Å². The second kappa shape index (κ2) is 10.8. The summed E-state index contributed by atoms with van der Waals surface area (Å²) in [7, 11) is 5.22. The number of halogens is 1. The van der Waals surface area contributed by atoms with Crippen LogP contribution in [-0.2, 0) is 0 Å². The minimum absolute atomic E-state index is 0. The van der Waals surface area contributed by atoms with Crippen LogP contribution < -0.4 is 25.0 Å². The molecule has 2 N–H and O–H groups in total. The van der Waals surface area contributed by atoms with Crippen molar-refractivity contribution in [1.82, 2.24) is 10.6 Å². The van der Waals surface area contributed by atoms with Gasteiger partial charge in [-0.25, -0.2) is 0 Å². The van der Waals surface area contributed by atoms with Gasteiger partial charge in [0.05, 0.1) is 14.2 Å². The van der Waals surface area contributed by atoms with Crippen LogP contribution in [-0.4, -0.2) is 52.9 Å². The van der Waals surface area contributed by atoms with Crippen LogP contribution in [0.3, 0.4) is 0 Å². The Balaban J connectivity index is 0.00000261. The molecule has 27 heavy (non-hydrogen) atoms. The fourth-order valence-corrected chi connectivity index (χ4v) is 3.48. The molecule has 2 aliphatic rings. The van der Waals surface area contributed by atoms with E-state index in [1.54, 1.807) is 14.2 Å². The van der Waals surface area contributed by atoms with E-state index in [2.05, 4.69) is 32.7 Å². The third-order valence-corrected chi connectivity index (χ3v) is 5.23. The smallest absolute Gasteiger partial charge is 0.191 e. The summed E-state index contributed by atoms with van der Waals surface area (Å²) in [6, 6.07) is 6.43. The lowest BCUT2D eigenvalue weighted by molar-refractivity contribution is 0.394. The van der Waals surface area contributed by atoms with E-state index in [-0.39, 0.29) is 24.0 Å². The maximum Gasteiger partial charge on any atom is 0.191 e. The third kappa shape index (κ3) is 6.62. The maximum absolute atomic E-state index is 5.39. The zero-order valence-corrected chi connectivity index (χ0v) is 19.0. The van der Waals surface area contributed by atoms with Crippen LogP contribution >= 0.6 is 24.0 Å². The number of aliphatic imine (C=N–C) groups is 1. The molecule has 1 aromatic rings. The molecule has 1 aromatic carbocycles. The standard InChI is InChI=1S/C20H32N4O2.HI/c1-21-20(22-9-4-5-15-6-7-15)23-16-8-10-24(14-16)17-11-18(25-2)13-19(12-17)26-3;/h11-13,15-16H,4-10,14H2,1-3H3,(H2,21,22,23);1H. The van der Waals surface area contributed by atoms with Crippen molar-refractivity contribution in [2.75, 3.05) is 45.8 Å². The summed E-state index contributed by atoms with van der Waals surface area (Å²) in [5.41, 5.74) is 1.14. The molecule has 1 heterocycles. The summed E-state index contributed by atoms with van der Waals surface area (Å²) in [6.07, 6.45) is 6.52. The van der Waals surface area contributed by atoms with E-state index >= 15 is 0 Å². The lowest BCUT2D eigenvalue weighted by Crippen LogP contribution is -2.44. The number of anilines is 1. The summed E-state index contributed by atoms with van der Waals surface area (Å²) < 4.78 is 10.8. The van der Waals surface area contributed by atoms with Crippen molar-refractivity contribution in [2.45, 2.75) is 38.1 Å². The highest BCUT2D eigenvalue weighted by molar-refractivity contribution is 14.0. The topological polar surface area (TPSA) is 58.1 Å². The third-order valence-electron chi connectivity index (χ3n) is 5.23. The molecule has 152 valence electrons. The molecule has 0 aromatic heterocycles. The fraction of sp³-hybridized carbons (Fsp3) is 0.650. The SMILES string of the molecule is CN=C(NCCCC1CC1)NC1CCN(c2cc(OC)cc(OC)c2)C1.I. The first kappa shape index (κ1) is 21.9. The number of guanidine groups is 1. The van der Waals surface area contributed by atoms with Crippen molar-refractivity contribution in [3.63, 3.8) is 0 Å². The molecule has 0 spiro atoms. The van der Waals surface area contributed by atoms with Gasteiger partial charge in [0, 0.05) is 56.6 Å². The minimum Gasteiger partial charge on any atom is -0.497 e. The van der Waals surface area contributed by atoms with Crippen LogP contribution in [0.25, 0.3) is 0 Å². The highest BCUT2D eigenvalue weighted by Crippen LogP contribution is 2.33. The molecule has 6 nitrogen and oxygen atoms in total. The number of hydrogen-bond acceptors (Lipinski definition) is 4. The average Bonchev–Trinajstić information content (AvgIpc) is 3.39. The van der Waals surface area contributed by atoms with E-state index < -0.39 is 0 Å². The number of benzene rings is 1. The van der Waals surface area contributed by atoms with Crippen molar-refractivity contribution in [3.05, 3.63) is 18.2 Å². The van der Waals surface area contributed by atoms with E-state index in [0.29, 0.717) is 6.04 Å². The van der Waals surface area contributed by atoms with E-state index in [9.17, 15) is 0 Å². The van der Waals surface area contributed by atoms with Gasteiger partial charge in [-0.15, -0.1) is 24.0 Å². The van der Waals surface area contributed by atoms with Gasteiger partial charge in [0.2, 0.25) is 0 Å². The Morgan fingerprint density at radius 1 is 1.15 bits per heavy atom. The van der Waals surface area contributed by atoms with Crippen molar-refractivity contribution in [1.29, 1.82) is 0 Å². The zero-order valence-electron chi connectivity index (χ0n) is 16.7. The lowest BCUT2D eigenvalue weighted by Gasteiger charge is -2.21. The first-order valence-corrected chi connectivity index (χ1v) is 9.67. The Labute approximate surface area is 180 Å². The van der Waals surface area contributed by atoms with Gasteiger partial charge in [-0.3, -0.25) is 4.99 Å². The Kier molecular flexibility index (Phi) is 8.79. The molecule has 0 bridgehead atoms. The normalized spacial score (nSPS) is 19.4. The van der Waals surface area contributed by atoms with Crippen molar-refractivity contribution in [3.8, 4) is 11.5 Å². The first-order valence-electron chi connectivity index (χ1n) is 9.67. The minimum atomic E-state index is 0. The molecule has 0 radical (unpaired) electrons. The van der Waals surface area contributed by atoms with E-state index in [4.69, 9.17) is 9.47 Å². The molecule has 1 aliphatic heterocycles. The Morgan fingerprint density at radius 3 is 2.44 bits per heavy atom. The molecule has 7 heteroatoms. The predicted molar refractivity (Wildman–Crippen MR) is 122 cm³/mol. The number of nitrogens with one attached hydrogen (secondary N) is 2. The molecule has 3 rings (SSSR count). The van der Waals surface area contributed by atoms with Gasteiger partial charge in [-0.2, -0.15) is 0 Å². The van der Waals surface area contributed by atoms with Crippen molar-refractivity contribution in [2.24, 2.45) is 10.9 Å². The van der Waals surface area contributed by atoms with Crippen LogP contribution in [0.1, 0.15) is 32.1 Å². The van der Waals surface area contributed by atoms with Crippen LogP contribution in [0.2, 0.25) is 0 Å². The fourth-order valence-electron chi connectivity index (χ4n) is 3.48. The zero-order chi connectivity index (χ0) is 18.4. The van der Waals surface area contributed by atoms with Gasteiger partial charge >= 0.3 is 0 Å². The van der Waals surface area contributed by atoms with Gasteiger partial charge < -0.3 is 25.0 Å². The molecule has 1 aliphatic carbocycles. The number of hydrogen-bond donors (Lipinski definition) is 2. The van der Waals surface area contributed by atoms with E-state index in [0.717, 1.165) is 55.1 Å². The van der Waals surface area contributed by atoms with Crippen LogP contribution in [0, 0.1) is 5.92 Å². The molecule has 2 fully saturated rings. The molecule has 1 saturated carbocycles. The summed E-state index contributed by atoms with van der Waals surface area (Å²) in [5, 5.41) is 7.01. The molecule has 0 amide bonds. The number of rotatable bonds is 8. The van der Waals surface area contributed by atoms with E-state index in [1.165, 1.54) is 25.7 Å². The average molecular weight is 488 g/mol. The quantitative estimate of drug-likeness (QED) is 0.255. The molecular formula is C20H33IN4O2. The highest BCUT2D eigenvalue weighted by Gasteiger charge is 2.24. The van der Waals surface area contributed by atoms with Gasteiger partial charge in [0.25, 0.3) is 0 Å². The highest BCUT2D eigenvalue weighted by atomic mass is 127. The Hall–Kier alpha value is -1.38. The monoisotopic (exact) mass is 488 g/mol. The Morgan fingerprint density at radius 2 is 1.85 bits per heavy atom. The van der Waals surface area contributed by atoms with Crippen LogP contribution in [0.4, 0.5) is 5.69 Å².